The molecular weight excluding hydrogens is 360 g/mol. The van der Waals surface area contributed by atoms with Crippen LogP contribution in [0.25, 0.3) is 0 Å². The van der Waals surface area contributed by atoms with Gasteiger partial charge < -0.3 is 9.32 Å². The molecule has 9 heteroatoms. The average molecular weight is 374 g/mol. The molecule has 4 heterocycles. The fourth-order valence-corrected chi connectivity index (χ4v) is 4.15. The highest BCUT2D eigenvalue weighted by Crippen LogP contribution is 2.29. The Morgan fingerprint density at radius 3 is 2.96 bits per heavy atom. The first-order chi connectivity index (χ1) is 12.2. The maximum Gasteiger partial charge on any atom is 0.322 e. The summed E-state index contributed by atoms with van der Waals surface area (Å²) in [6.07, 6.45) is 3.51. The minimum Gasteiger partial charge on any atom is -0.472 e. The summed E-state index contributed by atoms with van der Waals surface area (Å²) in [5.41, 5.74) is 1.39. The van der Waals surface area contributed by atoms with Gasteiger partial charge >= 0.3 is 6.03 Å². The van der Waals surface area contributed by atoms with Crippen molar-refractivity contribution in [3.8, 4) is 0 Å². The lowest BCUT2D eigenvalue weighted by molar-refractivity contribution is 0.102. The van der Waals surface area contributed by atoms with Crippen molar-refractivity contribution >= 4 is 44.7 Å². The minimum absolute atomic E-state index is 0.120. The molecule has 0 atom stereocenters. The van der Waals surface area contributed by atoms with Crippen LogP contribution in [0.1, 0.15) is 20.9 Å². The van der Waals surface area contributed by atoms with Crippen molar-refractivity contribution in [2.45, 2.75) is 13.0 Å². The van der Waals surface area contributed by atoms with Crippen molar-refractivity contribution in [2.24, 2.45) is 0 Å². The molecule has 1 aliphatic heterocycles. The molecule has 0 bridgehead atoms. The van der Waals surface area contributed by atoms with E-state index in [1.54, 1.807) is 11.0 Å². The Morgan fingerprint density at radius 1 is 1.28 bits per heavy atom. The van der Waals surface area contributed by atoms with Gasteiger partial charge in [-0.25, -0.2) is 9.78 Å². The second-order valence-electron chi connectivity index (χ2n) is 5.43. The highest BCUT2D eigenvalue weighted by Gasteiger charge is 2.25. The molecule has 7 nitrogen and oxygen atoms in total. The summed E-state index contributed by atoms with van der Waals surface area (Å²) in [4.78, 5) is 31.6. The zero-order chi connectivity index (χ0) is 17.2. The normalized spacial score (nSPS) is 13.4. The third kappa shape index (κ3) is 3.42. The van der Waals surface area contributed by atoms with Crippen LogP contribution in [0.15, 0.2) is 40.5 Å². The number of furan rings is 1. The van der Waals surface area contributed by atoms with Crippen molar-refractivity contribution < 1.29 is 14.0 Å². The van der Waals surface area contributed by atoms with Crippen LogP contribution in [0.3, 0.4) is 0 Å². The van der Waals surface area contributed by atoms with Gasteiger partial charge in [-0.3, -0.25) is 15.4 Å². The molecule has 0 fully saturated rings. The van der Waals surface area contributed by atoms with Gasteiger partial charge in [0.05, 0.1) is 29.1 Å². The Hall–Kier alpha value is -2.65. The second-order valence-corrected chi connectivity index (χ2v) is 7.47. The lowest BCUT2D eigenvalue weighted by Crippen LogP contribution is -2.38. The number of carbonyl (C=O) groups is 2. The molecule has 3 aromatic heterocycles. The van der Waals surface area contributed by atoms with Crippen LogP contribution in [0.5, 0.6) is 0 Å². The van der Waals surface area contributed by atoms with Crippen LogP contribution in [-0.4, -0.2) is 28.4 Å². The third-order valence-electron chi connectivity index (χ3n) is 3.77. The average Bonchev–Trinajstić information content (AvgIpc) is 3.35. The molecule has 0 saturated carbocycles. The number of hydrogen-bond acceptors (Lipinski definition) is 6. The first kappa shape index (κ1) is 15.9. The number of nitrogens with one attached hydrogen (secondary N) is 2. The van der Waals surface area contributed by atoms with Gasteiger partial charge in [0.2, 0.25) is 0 Å². The zero-order valence-electron chi connectivity index (χ0n) is 13.0. The van der Waals surface area contributed by atoms with E-state index in [0.717, 1.165) is 15.6 Å². The number of thiophene rings is 1. The van der Waals surface area contributed by atoms with Crippen LogP contribution in [0.2, 0.25) is 0 Å². The summed E-state index contributed by atoms with van der Waals surface area (Å²) in [7, 11) is 0. The molecule has 4 rings (SSSR count). The van der Waals surface area contributed by atoms with E-state index in [2.05, 4.69) is 15.6 Å². The fourth-order valence-electron chi connectivity index (χ4n) is 2.52. The summed E-state index contributed by atoms with van der Waals surface area (Å²) in [6, 6.07) is 5.24. The molecule has 3 aromatic rings. The standard InChI is InChI=1S/C16H14N4O3S2/c21-14(10-4-6-23-9-10)19-15-17-11-3-5-20(8-12(11)25-15)16(22)18-13-2-1-7-24-13/h1-2,4,6-7,9H,3,5,8H2,(H,18,22)(H,17,19,21). The van der Waals surface area contributed by atoms with Crippen LogP contribution in [-0.2, 0) is 13.0 Å². The number of thiazole rings is 1. The van der Waals surface area contributed by atoms with E-state index >= 15 is 0 Å². The molecular formula is C16H14N4O3S2. The van der Waals surface area contributed by atoms with Gasteiger partial charge in [-0.2, -0.15) is 0 Å². The maximum absolute atomic E-state index is 12.3. The van der Waals surface area contributed by atoms with E-state index < -0.39 is 0 Å². The Bertz CT molecular complexity index is 887. The molecule has 0 aromatic carbocycles. The number of amides is 3. The number of hydrogen-bond donors (Lipinski definition) is 2. The van der Waals surface area contributed by atoms with Gasteiger partial charge in [-0.05, 0) is 23.6 Å². The summed E-state index contributed by atoms with van der Waals surface area (Å²) >= 11 is 2.88. The Labute approximate surface area is 151 Å². The summed E-state index contributed by atoms with van der Waals surface area (Å²) in [5.74, 6) is -0.257. The third-order valence-corrected chi connectivity index (χ3v) is 5.56. The number of nitrogens with zero attached hydrogens (tertiary/aromatic N) is 2. The number of rotatable bonds is 3. The van der Waals surface area contributed by atoms with Crippen molar-refractivity contribution in [3.05, 3.63) is 52.2 Å². The summed E-state index contributed by atoms with van der Waals surface area (Å²) in [6.45, 7) is 1.09. The van der Waals surface area contributed by atoms with Crippen molar-refractivity contribution in [3.63, 3.8) is 0 Å². The fraction of sp³-hybridized carbons (Fsp3) is 0.188. The second kappa shape index (κ2) is 6.69. The number of carbonyl (C=O) groups excluding carboxylic acids is 2. The number of fused-ring (bicyclic) bond motifs is 1. The van der Waals surface area contributed by atoms with E-state index in [4.69, 9.17) is 4.42 Å². The quantitative estimate of drug-likeness (QED) is 0.733. The molecule has 0 aliphatic carbocycles. The number of aromatic nitrogens is 1. The highest BCUT2D eigenvalue weighted by molar-refractivity contribution is 7.16. The molecule has 0 spiro atoms. The Morgan fingerprint density at radius 2 is 2.20 bits per heavy atom. The van der Waals surface area contributed by atoms with E-state index in [1.807, 2.05) is 17.5 Å². The van der Waals surface area contributed by atoms with Gasteiger partial charge in [-0.1, -0.05) is 11.3 Å². The zero-order valence-corrected chi connectivity index (χ0v) is 14.7. The minimum atomic E-state index is -0.257. The first-order valence-corrected chi connectivity index (χ1v) is 9.30. The maximum atomic E-state index is 12.3. The molecule has 0 unspecified atom stereocenters. The Balaban J connectivity index is 1.42. The topological polar surface area (TPSA) is 87.5 Å². The lowest BCUT2D eigenvalue weighted by atomic mass is 10.2. The van der Waals surface area contributed by atoms with E-state index in [9.17, 15) is 9.59 Å². The van der Waals surface area contributed by atoms with Crippen LogP contribution < -0.4 is 10.6 Å². The smallest absolute Gasteiger partial charge is 0.322 e. The Kier molecular flexibility index (Phi) is 4.24. The summed E-state index contributed by atoms with van der Waals surface area (Å²) < 4.78 is 4.91. The predicted octanol–water partition coefficient (Wildman–Crippen LogP) is 3.64. The van der Waals surface area contributed by atoms with Crippen molar-refractivity contribution in [1.29, 1.82) is 0 Å². The van der Waals surface area contributed by atoms with Crippen molar-refractivity contribution in [1.82, 2.24) is 9.88 Å². The molecule has 2 N–H and O–H groups in total. The monoisotopic (exact) mass is 374 g/mol. The van der Waals surface area contributed by atoms with E-state index in [1.165, 1.54) is 35.2 Å². The molecule has 1 aliphatic rings. The van der Waals surface area contributed by atoms with E-state index in [0.29, 0.717) is 30.2 Å². The van der Waals surface area contributed by atoms with Gasteiger partial charge in [0, 0.05) is 17.8 Å². The largest absolute Gasteiger partial charge is 0.472 e. The van der Waals surface area contributed by atoms with Crippen LogP contribution >= 0.6 is 22.7 Å². The molecule has 0 saturated heterocycles. The highest BCUT2D eigenvalue weighted by atomic mass is 32.1. The van der Waals surface area contributed by atoms with Gasteiger partial charge in [0.25, 0.3) is 5.91 Å². The van der Waals surface area contributed by atoms with Gasteiger partial charge in [0.1, 0.15) is 6.26 Å². The summed E-state index contributed by atoms with van der Waals surface area (Å²) in [5, 5.41) is 8.95. The lowest BCUT2D eigenvalue weighted by Gasteiger charge is -2.25. The predicted molar refractivity (Wildman–Crippen MR) is 96.2 cm³/mol. The molecule has 3 amide bonds. The molecule has 128 valence electrons. The molecule has 0 radical (unpaired) electrons. The van der Waals surface area contributed by atoms with Gasteiger partial charge in [0.15, 0.2) is 5.13 Å². The number of anilines is 2. The van der Waals surface area contributed by atoms with Crippen LogP contribution in [0, 0.1) is 0 Å². The van der Waals surface area contributed by atoms with Crippen molar-refractivity contribution in [2.75, 3.05) is 17.2 Å². The van der Waals surface area contributed by atoms with Crippen LogP contribution in [0.4, 0.5) is 14.9 Å². The number of urea groups is 1. The SMILES string of the molecule is O=C(Nc1nc2c(s1)CN(C(=O)Nc1cccs1)CC2)c1ccoc1. The molecule has 25 heavy (non-hydrogen) atoms. The van der Waals surface area contributed by atoms with Gasteiger partial charge in [-0.15, -0.1) is 11.3 Å². The van der Waals surface area contributed by atoms with E-state index in [-0.39, 0.29) is 11.9 Å². The first-order valence-electron chi connectivity index (χ1n) is 7.60.